The lowest BCUT2D eigenvalue weighted by molar-refractivity contribution is 0.483. The lowest BCUT2D eigenvalue weighted by Crippen LogP contribution is -2.41. The molecular formula is C14H23N5. The molecule has 0 radical (unpaired) electrons. The van der Waals surface area contributed by atoms with Gasteiger partial charge in [-0.2, -0.15) is 5.10 Å². The average molecular weight is 261 g/mol. The van der Waals surface area contributed by atoms with Gasteiger partial charge in [-0.3, -0.25) is 9.67 Å². The van der Waals surface area contributed by atoms with Crippen LogP contribution in [0.3, 0.4) is 0 Å². The standard InChI is InChI=1S/C14H23N5/c1-10-6-13(10)17-14(15-2)19-5-4-11(9-19)12-7-16-18(3)8-12/h7-8,10-11,13H,4-6,9H2,1-3H3,(H,15,17). The number of guanidine groups is 1. The van der Waals surface area contributed by atoms with Crippen molar-refractivity contribution in [3.8, 4) is 0 Å². The Kier molecular flexibility index (Phi) is 3.21. The van der Waals surface area contributed by atoms with Gasteiger partial charge >= 0.3 is 0 Å². The van der Waals surface area contributed by atoms with Crippen molar-refractivity contribution in [2.75, 3.05) is 20.1 Å². The molecule has 0 aromatic carbocycles. The predicted molar refractivity (Wildman–Crippen MR) is 76.2 cm³/mol. The number of rotatable bonds is 2. The molecule has 2 heterocycles. The lowest BCUT2D eigenvalue weighted by atomic mass is 10.0. The molecule has 3 unspecified atom stereocenters. The molecule has 3 atom stereocenters. The minimum Gasteiger partial charge on any atom is -0.353 e. The van der Waals surface area contributed by atoms with E-state index in [2.05, 4.69) is 33.4 Å². The fraction of sp³-hybridized carbons (Fsp3) is 0.714. The number of aliphatic imine (C=N–C) groups is 1. The molecule has 2 aliphatic rings. The zero-order valence-electron chi connectivity index (χ0n) is 12.0. The molecule has 0 spiro atoms. The van der Waals surface area contributed by atoms with Gasteiger partial charge in [0.2, 0.25) is 0 Å². The van der Waals surface area contributed by atoms with Gasteiger partial charge in [0, 0.05) is 45.3 Å². The Morgan fingerprint density at radius 3 is 2.89 bits per heavy atom. The monoisotopic (exact) mass is 261 g/mol. The van der Waals surface area contributed by atoms with Crippen molar-refractivity contribution in [3.05, 3.63) is 18.0 Å². The van der Waals surface area contributed by atoms with Gasteiger partial charge in [0.05, 0.1) is 6.20 Å². The molecule has 1 saturated heterocycles. The van der Waals surface area contributed by atoms with Crippen LogP contribution in [0.25, 0.3) is 0 Å². The summed E-state index contributed by atoms with van der Waals surface area (Å²) >= 11 is 0. The molecule has 104 valence electrons. The number of hydrogen-bond acceptors (Lipinski definition) is 2. The van der Waals surface area contributed by atoms with Gasteiger partial charge < -0.3 is 10.2 Å². The van der Waals surface area contributed by atoms with Crippen molar-refractivity contribution in [2.24, 2.45) is 18.0 Å². The first-order chi connectivity index (χ1) is 9.17. The summed E-state index contributed by atoms with van der Waals surface area (Å²) in [6, 6.07) is 0.635. The molecule has 3 rings (SSSR count). The first-order valence-corrected chi connectivity index (χ1v) is 7.14. The lowest BCUT2D eigenvalue weighted by Gasteiger charge is -2.21. The molecule has 1 aromatic rings. The maximum absolute atomic E-state index is 4.43. The molecule has 2 fully saturated rings. The average Bonchev–Trinajstić information content (AvgIpc) is 2.85. The normalized spacial score (nSPS) is 30.8. The van der Waals surface area contributed by atoms with E-state index in [9.17, 15) is 0 Å². The smallest absolute Gasteiger partial charge is 0.193 e. The Morgan fingerprint density at radius 1 is 1.53 bits per heavy atom. The van der Waals surface area contributed by atoms with Crippen LogP contribution < -0.4 is 5.32 Å². The van der Waals surface area contributed by atoms with Crippen molar-refractivity contribution in [1.82, 2.24) is 20.0 Å². The molecule has 0 amide bonds. The van der Waals surface area contributed by atoms with E-state index in [-0.39, 0.29) is 0 Å². The summed E-state index contributed by atoms with van der Waals surface area (Å²) in [6.07, 6.45) is 6.59. The van der Waals surface area contributed by atoms with E-state index in [4.69, 9.17) is 0 Å². The Balaban J connectivity index is 1.61. The number of hydrogen-bond donors (Lipinski definition) is 1. The summed E-state index contributed by atoms with van der Waals surface area (Å²) < 4.78 is 1.89. The highest BCUT2D eigenvalue weighted by atomic mass is 15.3. The Bertz CT molecular complexity index is 478. The van der Waals surface area contributed by atoms with Crippen LogP contribution in [0.1, 0.15) is 31.2 Å². The summed E-state index contributed by atoms with van der Waals surface area (Å²) in [6.45, 7) is 4.42. The van der Waals surface area contributed by atoms with E-state index in [0.717, 1.165) is 25.0 Å². The zero-order chi connectivity index (χ0) is 13.4. The van der Waals surface area contributed by atoms with Crippen molar-refractivity contribution in [3.63, 3.8) is 0 Å². The molecular weight excluding hydrogens is 238 g/mol. The number of nitrogens with zero attached hydrogens (tertiary/aromatic N) is 4. The molecule has 0 bridgehead atoms. The third-order valence-electron chi connectivity index (χ3n) is 4.32. The maximum Gasteiger partial charge on any atom is 0.193 e. The van der Waals surface area contributed by atoms with Gasteiger partial charge in [-0.25, -0.2) is 0 Å². The van der Waals surface area contributed by atoms with Crippen LogP contribution in [-0.2, 0) is 7.05 Å². The third-order valence-corrected chi connectivity index (χ3v) is 4.32. The maximum atomic E-state index is 4.43. The number of likely N-dealkylation sites (tertiary alicyclic amines) is 1. The summed E-state index contributed by atoms with van der Waals surface area (Å²) in [4.78, 5) is 6.81. The summed E-state index contributed by atoms with van der Waals surface area (Å²) in [5.74, 6) is 2.46. The molecule has 1 aliphatic heterocycles. The summed E-state index contributed by atoms with van der Waals surface area (Å²) in [7, 11) is 3.86. The molecule has 5 heteroatoms. The highest BCUT2D eigenvalue weighted by molar-refractivity contribution is 5.81. The van der Waals surface area contributed by atoms with Gasteiger partial charge in [-0.05, 0) is 24.3 Å². The molecule has 19 heavy (non-hydrogen) atoms. The van der Waals surface area contributed by atoms with E-state index in [1.54, 1.807) is 0 Å². The van der Waals surface area contributed by atoms with Crippen molar-refractivity contribution >= 4 is 5.96 Å². The van der Waals surface area contributed by atoms with Crippen LogP contribution in [0.4, 0.5) is 0 Å². The van der Waals surface area contributed by atoms with Gasteiger partial charge in [-0.1, -0.05) is 6.92 Å². The Hall–Kier alpha value is -1.52. The van der Waals surface area contributed by atoms with E-state index in [0.29, 0.717) is 12.0 Å². The zero-order valence-corrected chi connectivity index (χ0v) is 12.0. The van der Waals surface area contributed by atoms with E-state index < -0.39 is 0 Å². The van der Waals surface area contributed by atoms with Crippen molar-refractivity contribution in [1.29, 1.82) is 0 Å². The molecule has 1 aromatic heterocycles. The topological polar surface area (TPSA) is 45.5 Å². The highest BCUT2D eigenvalue weighted by Gasteiger charge is 2.35. The SMILES string of the molecule is CN=C(NC1CC1C)N1CCC(c2cnn(C)c2)C1. The van der Waals surface area contributed by atoms with Gasteiger partial charge in [-0.15, -0.1) is 0 Å². The summed E-state index contributed by atoms with van der Waals surface area (Å²) in [5, 5.41) is 7.84. The number of aryl methyl sites for hydroxylation is 1. The summed E-state index contributed by atoms with van der Waals surface area (Å²) in [5.41, 5.74) is 1.35. The van der Waals surface area contributed by atoms with Crippen molar-refractivity contribution < 1.29 is 0 Å². The van der Waals surface area contributed by atoms with Crippen LogP contribution >= 0.6 is 0 Å². The van der Waals surface area contributed by atoms with Gasteiger partial charge in [0.25, 0.3) is 0 Å². The van der Waals surface area contributed by atoms with Gasteiger partial charge in [0.1, 0.15) is 0 Å². The first kappa shape index (κ1) is 12.5. The second-order valence-electron chi connectivity index (χ2n) is 5.89. The second kappa shape index (κ2) is 4.87. The van der Waals surface area contributed by atoms with Crippen LogP contribution in [-0.4, -0.2) is 46.8 Å². The van der Waals surface area contributed by atoms with Crippen LogP contribution in [0.5, 0.6) is 0 Å². The predicted octanol–water partition coefficient (Wildman–Crippen LogP) is 1.19. The van der Waals surface area contributed by atoms with E-state index in [1.165, 1.54) is 18.4 Å². The molecule has 1 N–H and O–H groups in total. The van der Waals surface area contributed by atoms with Gasteiger partial charge in [0.15, 0.2) is 5.96 Å². The molecule has 1 saturated carbocycles. The number of aromatic nitrogens is 2. The van der Waals surface area contributed by atoms with E-state index in [1.807, 2.05) is 25.0 Å². The Morgan fingerprint density at radius 2 is 2.32 bits per heavy atom. The fourth-order valence-corrected chi connectivity index (χ4v) is 2.86. The van der Waals surface area contributed by atoms with Crippen LogP contribution in [0, 0.1) is 5.92 Å². The minimum absolute atomic E-state index is 0.587. The van der Waals surface area contributed by atoms with Crippen LogP contribution in [0.2, 0.25) is 0 Å². The highest BCUT2D eigenvalue weighted by Crippen LogP contribution is 2.30. The first-order valence-electron chi connectivity index (χ1n) is 7.14. The quantitative estimate of drug-likeness (QED) is 0.642. The van der Waals surface area contributed by atoms with Crippen LogP contribution in [0.15, 0.2) is 17.4 Å². The largest absolute Gasteiger partial charge is 0.353 e. The minimum atomic E-state index is 0.587. The number of nitrogens with one attached hydrogen (secondary N) is 1. The molecule has 5 nitrogen and oxygen atoms in total. The second-order valence-corrected chi connectivity index (χ2v) is 5.89. The third kappa shape index (κ3) is 2.60. The fourth-order valence-electron chi connectivity index (χ4n) is 2.86. The van der Waals surface area contributed by atoms with Crippen molar-refractivity contribution in [2.45, 2.75) is 31.7 Å². The Labute approximate surface area is 114 Å². The molecule has 1 aliphatic carbocycles. The van der Waals surface area contributed by atoms with E-state index >= 15 is 0 Å².